The van der Waals surface area contributed by atoms with Crippen LogP contribution >= 0.6 is 11.8 Å². The molecule has 0 atom stereocenters. The third kappa shape index (κ3) is 4.06. The van der Waals surface area contributed by atoms with Gasteiger partial charge in [0, 0.05) is 34.2 Å². The van der Waals surface area contributed by atoms with Gasteiger partial charge in [0.15, 0.2) is 0 Å². The van der Waals surface area contributed by atoms with Gasteiger partial charge >= 0.3 is 0 Å². The van der Waals surface area contributed by atoms with Gasteiger partial charge in [-0.05, 0) is 36.8 Å². The van der Waals surface area contributed by atoms with Crippen molar-refractivity contribution in [2.45, 2.75) is 18.2 Å². The Balaban J connectivity index is 1.62. The Morgan fingerprint density at radius 1 is 1.12 bits per heavy atom. The SMILES string of the molecule is Cc1cc(=O)[nH]c2cc(NC(=O)CCSc3ccccc3)ccc12. The monoisotopic (exact) mass is 338 g/mol. The van der Waals surface area contributed by atoms with Crippen molar-refractivity contribution < 1.29 is 4.79 Å². The van der Waals surface area contributed by atoms with Gasteiger partial charge in [-0.25, -0.2) is 0 Å². The van der Waals surface area contributed by atoms with E-state index in [1.54, 1.807) is 23.9 Å². The zero-order valence-electron chi connectivity index (χ0n) is 13.3. The first-order valence-corrected chi connectivity index (χ1v) is 8.72. The molecular weight excluding hydrogens is 320 g/mol. The number of aromatic amines is 1. The van der Waals surface area contributed by atoms with E-state index < -0.39 is 0 Å². The molecule has 2 aromatic carbocycles. The smallest absolute Gasteiger partial charge is 0.248 e. The summed E-state index contributed by atoms with van der Waals surface area (Å²) < 4.78 is 0. The number of carbonyl (C=O) groups excluding carboxylic acids is 1. The number of H-pyrrole nitrogens is 1. The maximum atomic E-state index is 12.1. The fraction of sp³-hybridized carbons (Fsp3) is 0.158. The van der Waals surface area contributed by atoms with Crippen molar-refractivity contribution in [2.24, 2.45) is 0 Å². The van der Waals surface area contributed by atoms with Crippen LogP contribution in [0.2, 0.25) is 0 Å². The molecule has 1 amide bonds. The fourth-order valence-electron chi connectivity index (χ4n) is 2.51. The zero-order chi connectivity index (χ0) is 16.9. The number of hydrogen-bond acceptors (Lipinski definition) is 3. The van der Waals surface area contributed by atoms with Crippen LogP contribution in [0.25, 0.3) is 10.9 Å². The first kappa shape index (κ1) is 16.3. The Kier molecular flexibility index (Phi) is 5.01. The minimum absolute atomic E-state index is 0.0345. The van der Waals surface area contributed by atoms with Gasteiger partial charge in [0.1, 0.15) is 0 Å². The average Bonchev–Trinajstić information content (AvgIpc) is 2.55. The summed E-state index contributed by atoms with van der Waals surface area (Å²) in [7, 11) is 0. The highest BCUT2D eigenvalue weighted by Crippen LogP contribution is 2.20. The summed E-state index contributed by atoms with van der Waals surface area (Å²) in [6.07, 6.45) is 0.432. The number of rotatable bonds is 5. The molecule has 0 aliphatic rings. The summed E-state index contributed by atoms with van der Waals surface area (Å²) in [6.45, 7) is 1.90. The topological polar surface area (TPSA) is 62.0 Å². The summed E-state index contributed by atoms with van der Waals surface area (Å²) in [5, 5.41) is 3.86. The molecule has 0 spiro atoms. The maximum absolute atomic E-state index is 12.1. The molecule has 0 unspecified atom stereocenters. The molecule has 1 aromatic heterocycles. The molecule has 0 radical (unpaired) electrons. The van der Waals surface area contributed by atoms with E-state index >= 15 is 0 Å². The quantitative estimate of drug-likeness (QED) is 0.692. The molecule has 0 aliphatic carbocycles. The van der Waals surface area contributed by atoms with Gasteiger partial charge in [-0.3, -0.25) is 9.59 Å². The summed E-state index contributed by atoms with van der Waals surface area (Å²) in [6, 6.07) is 17.1. The Labute approximate surface area is 144 Å². The van der Waals surface area contributed by atoms with Gasteiger partial charge in [0.2, 0.25) is 11.5 Å². The predicted molar refractivity (Wildman–Crippen MR) is 99.7 cm³/mol. The summed E-state index contributed by atoms with van der Waals surface area (Å²) in [5.41, 5.74) is 2.21. The highest BCUT2D eigenvalue weighted by atomic mass is 32.2. The van der Waals surface area contributed by atoms with Crippen LogP contribution in [-0.4, -0.2) is 16.6 Å². The van der Waals surface area contributed by atoms with Crippen LogP contribution in [-0.2, 0) is 4.79 Å². The van der Waals surface area contributed by atoms with E-state index in [0.29, 0.717) is 12.1 Å². The Bertz CT molecular complexity index is 920. The van der Waals surface area contributed by atoms with Gasteiger partial charge in [0.25, 0.3) is 0 Å². The van der Waals surface area contributed by atoms with Gasteiger partial charge in [-0.15, -0.1) is 11.8 Å². The van der Waals surface area contributed by atoms with E-state index in [0.717, 1.165) is 27.1 Å². The molecule has 3 aromatic rings. The highest BCUT2D eigenvalue weighted by Gasteiger charge is 2.05. The normalized spacial score (nSPS) is 10.7. The standard InChI is InChI=1S/C19H18N2O2S/c1-13-11-19(23)21-17-12-14(7-8-16(13)17)20-18(22)9-10-24-15-5-3-2-4-6-15/h2-8,11-12H,9-10H2,1H3,(H,20,22)(H,21,23). The number of aromatic nitrogens is 1. The Hall–Kier alpha value is -2.53. The zero-order valence-corrected chi connectivity index (χ0v) is 14.2. The third-order valence-corrected chi connectivity index (χ3v) is 4.69. The van der Waals surface area contributed by atoms with Crippen molar-refractivity contribution in [3.63, 3.8) is 0 Å². The molecule has 0 aliphatic heterocycles. The average molecular weight is 338 g/mol. The first-order chi connectivity index (χ1) is 11.6. The predicted octanol–water partition coefficient (Wildman–Crippen LogP) is 3.96. The molecule has 0 saturated heterocycles. The van der Waals surface area contributed by atoms with Gasteiger partial charge in [0.05, 0.1) is 5.52 Å². The lowest BCUT2D eigenvalue weighted by atomic mass is 10.1. The summed E-state index contributed by atoms with van der Waals surface area (Å²) in [4.78, 5) is 27.6. The second-order valence-corrected chi connectivity index (χ2v) is 6.70. The van der Waals surface area contributed by atoms with Crippen molar-refractivity contribution in [3.8, 4) is 0 Å². The van der Waals surface area contributed by atoms with E-state index in [2.05, 4.69) is 10.3 Å². The number of benzene rings is 2. The third-order valence-electron chi connectivity index (χ3n) is 3.67. The Morgan fingerprint density at radius 3 is 2.71 bits per heavy atom. The van der Waals surface area contributed by atoms with E-state index in [4.69, 9.17) is 0 Å². The van der Waals surface area contributed by atoms with Crippen LogP contribution in [0.4, 0.5) is 5.69 Å². The van der Waals surface area contributed by atoms with Gasteiger partial charge in [-0.1, -0.05) is 24.3 Å². The highest BCUT2D eigenvalue weighted by molar-refractivity contribution is 7.99. The maximum Gasteiger partial charge on any atom is 0.248 e. The molecule has 0 bridgehead atoms. The van der Waals surface area contributed by atoms with E-state index in [-0.39, 0.29) is 11.5 Å². The molecule has 1 heterocycles. The molecule has 0 fully saturated rings. The molecule has 122 valence electrons. The second-order valence-electron chi connectivity index (χ2n) is 5.54. The molecular formula is C19H18N2O2S. The minimum Gasteiger partial charge on any atom is -0.326 e. The molecule has 2 N–H and O–H groups in total. The summed E-state index contributed by atoms with van der Waals surface area (Å²) in [5.74, 6) is 0.687. The van der Waals surface area contributed by atoms with Gasteiger partial charge in [-0.2, -0.15) is 0 Å². The number of hydrogen-bond donors (Lipinski definition) is 2. The number of anilines is 1. The van der Waals surface area contributed by atoms with Crippen LogP contribution in [0, 0.1) is 6.92 Å². The largest absolute Gasteiger partial charge is 0.326 e. The van der Waals surface area contributed by atoms with E-state index in [1.165, 1.54) is 0 Å². The van der Waals surface area contributed by atoms with Crippen molar-refractivity contribution in [1.29, 1.82) is 0 Å². The van der Waals surface area contributed by atoms with Crippen molar-refractivity contribution in [1.82, 2.24) is 4.98 Å². The number of pyridine rings is 1. The van der Waals surface area contributed by atoms with Crippen LogP contribution in [0.1, 0.15) is 12.0 Å². The van der Waals surface area contributed by atoms with Crippen molar-refractivity contribution in [2.75, 3.05) is 11.1 Å². The van der Waals surface area contributed by atoms with E-state index in [1.807, 2.05) is 49.4 Å². The molecule has 0 saturated carbocycles. The van der Waals surface area contributed by atoms with Crippen LogP contribution in [0.15, 0.2) is 64.3 Å². The number of aryl methyl sites for hydroxylation is 1. The van der Waals surface area contributed by atoms with Crippen LogP contribution in [0.5, 0.6) is 0 Å². The lowest BCUT2D eigenvalue weighted by molar-refractivity contribution is -0.115. The lowest BCUT2D eigenvalue weighted by Crippen LogP contribution is -2.12. The van der Waals surface area contributed by atoms with E-state index in [9.17, 15) is 9.59 Å². The molecule has 24 heavy (non-hydrogen) atoms. The fourth-order valence-corrected chi connectivity index (χ4v) is 3.39. The first-order valence-electron chi connectivity index (χ1n) is 7.73. The Morgan fingerprint density at radius 2 is 1.92 bits per heavy atom. The number of fused-ring (bicyclic) bond motifs is 1. The number of thioether (sulfide) groups is 1. The number of carbonyl (C=O) groups is 1. The number of nitrogens with one attached hydrogen (secondary N) is 2. The van der Waals surface area contributed by atoms with Crippen LogP contribution in [0.3, 0.4) is 0 Å². The molecule has 3 rings (SSSR count). The van der Waals surface area contributed by atoms with Gasteiger partial charge < -0.3 is 10.3 Å². The van der Waals surface area contributed by atoms with Crippen LogP contribution < -0.4 is 10.9 Å². The minimum atomic E-state index is -0.136. The summed E-state index contributed by atoms with van der Waals surface area (Å²) >= 11 is 1.66. The molecule has 4 nitrogen and oxygen atoms in total. The lowest BCUT2D eigenvalue weighted by Gasteiger charge is -2.08. The number of amides is 1. The second kappa shape index (κ2) is 7.36. The molecule has 5 heteroatoms. The van der Waals surface area contributed by atoms with Crippen molar-refractivity contribution >= 4 is 34.3 Å². The van der Waals surface area contributed by atoms with Crippen molar-refractivity contribution in [3.05, 3.63) is 70.5 Å².